The Kier molecular flexibility index (Phi) is 4.45. The zero-order valence-corrected chi connectivity index (χ0v) is 13.3. The largest absolute Gasteiger partial charge is 0.347 e. The topological polar surface area (TPSA) is 42.0 Å². The molecule has 0 saturated carbocycles. The minimum atomic E-state index is -0.236. The Morgan fingerprint density at radius 1 is 1.30 bits per heavy atom. The third-order valence-corrected chi connectivity index (χ3v) is 3.79. The lowest BCUT2D eigenvalue weighted by atomic mass is 10.1. The lowest BCUT2D eigenvalue weighted by Crippen LogP contribution is -2.40. The van der Waals surface area contributed by atoms with E-state index < -0.39 is 0 Å². The molecule has 0 aliphatic carbocycles. The first kappa shape index (κ1) is 15.0. The van der Waals surface area contributed by atoms with Crippen molar-refractivity contribution in [3.63, 3.8) is 0 Å². The van der Waals surface area contributed by atoms with Crippen LogP contribution in [-0.2, 0) is 5.88 Å². The van der Waals surface area contributed by atoms with Gasteiger partial charge < -0.3 is 5.32 Å². The number of amides is 1. The molecule has 2 aromatic rings. The van der Waals surface area contributed by atoms with Crippen molar-refractivity contribution in [1.82, 2.24) is 10.3 Å². The highest BCUT2D eigenvalue weighted by atomic mass is 35.5. The Morgan fingerprint density at radius 3 is 2.45 bits per heavy atom. The van der Waals surface area contributed by atoms with E-state index in [9.17, 15) is 4.79 Å². The van der Waals surface area contributed by atoms with E-state index in [1.54, 1.807) is 11.3 Å². The number of carbonyl (C=O) groups excluding carboxylic acids is 1. The molecule has 0 atom stereocenters. The molecule has 0 bridgehead atoms. The summed E-state index contributed by atoms with van der Waals surface area (Å²) in [6, 6.07) is 7.46. The van der Waals surface area contributed by atoms with Crippen LogP contribution in [0.5, 0.6) is 0 Å². The normalized spacial score (nSPS) is 11.4. The van der Waals surface area contributed by atoms with Crippen LogP contribution < -0.4 is 5.32 Å². The molecule has 1 heterocycles. The number of benzene rings is 1. The van der Waals surface area contributed by atoms with Gasteiger partial charge in [0.15, 0.2) is 0 Å². The SMILES string of the molecule is CC(C)(C)NC(=O)c1ccc(-c2nc(CCl)cs2)cc1. The van der Waals surface area contributed by atoms with Crippen molar-refractivity contribution >= 4 is 28.8 Å². The number of aromatic nitrogens is 1. The minimum absolute atomic E-state index is 0.0652. The van der Waals surface area contributed by atoms with Crippen molar-refractivity contribution in [2.24, 2.45) is 0 Å². The number of halogens is 1. The van der Waals surface area contributed by atoms with E-state index in [1.165, 1.54) is 0 Å². The van der Waals surface area contributed by atoms with Gasteiger partial charge in [0, 0.05) is 22.0 Å². The molecule has 3 nitrogen and oxygen atoms in total. The van der Waals surface area contributed by atoms with E-state index in [0.29, 0.717) is 11.4 Å². The number of hydrogen-bond acceptors (Lipinski definition) is 3. The van der Waals surface area contributed by atoms with Crippen LogP contribution in [0.3, 0.4) is 0 Å². The number of carbonyl (C=O) groups is 1. The second kappa shape index (κ2) is 5.94. The van der Waals surface area contributed by atoms with Gasteiger partial charge in [-0.25, -0.2) is 4.98 Å². The van der Waals surface area contributed by atoms with Crippen molar-refractivity contribution in [2.45, 2.75) is 32.2 Å². The molecule has 0 spiro atoms. The van der Waals surface area contributed by atoms with Crippen LogP contribution in [0.4, 0.5) is 0 Å². The predicted molar refractivity (Wildman–Crippen MR) is 84.3 cm³/mol. The van der Waals surface area contributed by atoms with Crippen LogP contribution in [0.2, 0.25) is 0 Å². The van der Waals surface area contributed by atoms with Crippen LogP contribution in [0.15, 0.2) is 29.6 Å². The predicted octanol–water partition coefficient (Wildman–Crippen LogP) is 4.08. The molecule has 20 heavy (non-hydrogen) atoms. The van der Waals surface area contributed by atoms with Gasteiger partial charge in [-0.2, -0.15) is 0 Å². The van der Waals surface area contributed by atoms with Gasteiger partial charge in [-0.05, 0) is 32.9 Å². The molecule has 2 rings (SSSR count). The third kappa shape index (κ3) is 3.81. The van der Waals surface area contributed by atoms with Crippen LogP contribution in [0, 0.1) is 0 Å². The van der Waals surface area contributed by atoms with Gasteiger partial charge in [0.2, 0.25) is 0 Å². The summed E-state index contributed by atoms with van der Waals surface area (Å²) >= 11 is 7.30. The lowest BCUT2D eigenvalue weighted by Gasteiger charge is -2.20. The molecule has 0 aliphatic heterocycles. The van der Waals surface area contributed by atoms with Gasteiger partial charge in [0.1, 0.15) is 5.01 Å². The first-order valence-electron chi connectivity index (χ1n) is 6.32. The summed E-state index contributed by atoms with van der Waals surface area (Å²) in [5.74, 6) is 0.354. The molecule has 0 fully saturated rings. The van der Waals surface area contributed by atoms with Crippen LogP contribution in [-0.4, -0.2) is 16.4 Å². The summed E-state index contributed by atoms with van der Waals surface area (Å²) in [6.07, 6.45) is 0. The third-order valence-electron chi connectivity index (χ3n) is 2.57. The zero-order valence-electron chi connectivity index (χ0n) is 11.7. The van der Waals surface area contributed by atoms with Crippen LogP contribution in [0.25, 0.3) is 10.6 Å². The second-order valence-corrected chi connectivity index (χ2v) is 6.68. The molecule has 106 valence electrons. The standard InChI is InChI=1S/C15H17ClN2OS/c1-15(2,3)18-13(19)10-4-6-11(7-5-10)14-17-12(8-16)9-20-14/h4-7,9H,8H2,1-3H3,(H,18,19). The molecular weight excluding hydrogens is 292 g/mol. The summed E-state index contributed by atoms with van der Waals surface area (Å²) in [6.45, 7) is 5.88. The van der Waals surface area contributed by atoms with E-state index in [0.717, 1.165) is 16.3 Å². The van der Waals surface area contributed by atoms with Crippen molar-refractivity contribution in [3.05, 3.63) is 40.9 Å². The van der Waals surface area contributed by atoms with Crippen molar-refractivity contribution in [2.75, 3.05) is 0 Å². The fourth-order valence-electron chi connectivity index (χ4n) is 1.68. The molecule has 5 heteroatoms. The number of nitrogens with one attached hydrogen (secondary N) is 1. The van der Waals surface area contributed by atoms with E-state index >= 15 is 0 Å². The Bertz CT molecular complexity index is 599. The minimum Gasteiger partial charge on any atom is -0.347 e. The summed E-state index contributed by atoms with van der Waals surface area (Å²) < 4.78 is 0. The summed E-state index contributed by atoms with van der Waals surface area (Å²) in [5, 5.41) is 5.81. The van der Waals surface area contributed by atoms with E-state index in [4.69, 9.17) is 11.6 Å². The van der Waals surface area contributed by atoms with E-state index in [1.807, 2.05) is 50.4 Å². The van der Waals surface area contributed by atoms with Crippen LogP contribution >= 0.6 is 22.9 Å². The maximum absolute atomic E-state index is 12.0. The van der Waals surface area contributed by atoms with E-state index in [2.05, 4.69) is 10.3 Å². The molecule has 1 aromatic carbocycles. The van der Waals surface area contributed by atoms with Gasteiger partial charge in [0.05, 0.1) is 11.6 Å². The Labute approximate surface area is 128 Å². The number of thiazole rings is 1. The fraction of sp³-hybridized carbons (Fsp3) is 0.333. The number of hydrogen-bond donors (Lipinski definition) is 1. The highest BCUT2D eigenvalue weighted by Crippen LogP contribution is 2.24. The maximum Gasteiger partial charge on any atom is 0.251 e. The van der Waals surface area contributed by atoms with Crippen LogP contribution in [0.1, 0.15) is 36.8 Å². The first-order valence-corrected chi connectivity index (χ1v) is 7.74. The van der Waals surface area contributed by atoms with E-state index in [-0.39, 0.29) is 11.4 Å². The number of nitrogens with zero attached hydrogens (tertiary/aromatic N) is 1. The molecule has 0 radical (unpaired) electrons. The van der Waals surface area contributed by atoms with Crippen molar-refractivity contribution in [1.29, 1.82) is 0 Å². The first-order chi connectivity index (χ1) is 9.39. The molecular formula is C15H17ClN2OS. The summed E-state index contributed by atoms with van der Waals surface area (Å²) in [7, 11) is 0. The highest BCUT2D eigenvalue weighted by molar-refractivity contribution is 7.13. The zero-order chi connectivity index (χ0) is 14.8. The molecule has 0 saturated heterocycles. The molecule has 1 aromatic heterocycles. The van der Waals surface area contributed by atoms with Crippen molar-refractivity contribution < 1.29 is 4.79 Å². The van der Waals surface area contributed by atoms with Gasteiger partial charge in [0.25, 0.3) is 5.91 Å². The second-order valence-electron chi connectivity index (χ2n) is 5.56. The quantitative estimate of drug-likeness (QED) is 0.868. The van der Waals surface area contributed by atoms with Gasteiger partial charge >= 0.3 is 0 Å². The monoisotopic (exact) mass is 308 g/mol. The van der Waals surface area contributed by atoms with Gasteiger partial charge in [-0.15, -0.1) is 22.9 Å². The molecule has 0 unspecified atom stereocenters. The Balaban J connectivity index is 2.15. The number of rotatable bonds is 3. The van der Waals surface area contributed by atoms with Gasteiger partial charge in [-0.3, -0.25) is 4.79 Å². The maximum atomic E-state index is 12.0. The van der Waals surface area contributed by atoms with Gasteiger partial charge in [-0.1, -0.05) is 12.1 Å². The highest BCUT2D eigenvalue weighted by Gasteiger charge is 2.15. The van der Waals surface area contributed by atoms with Crippen molar-refractivity contribution in [3.8, 4) is 10.6 Å². The average molecular weight is 309 g/mol. The Morgan fingerprint density at radius 2 is 1.95 bits per heavy atom. The average Bonchev–Trinajstić information content (AvgIpc) is 2.85. The fourth-order valence-corrected chi connectivity index (χ4v) is 2.73. The smallest absolute Gasteiger partial charge is 0.251 e. The summed E-state index contributed by atoms with van der Waals surface area (Å²) in [4.78, 5) is 16.4. The molecule has 1 N–H and O–H groups in total. The molecule has 1 amide bonds. The number of alkyl halides is 1. The Hall–Kier alpha value is -1.39. The lowest BCUT2D eigenvalue weighted by molar-refractivity contribution is 0.0919. The molecule has 0 aliphatic rings. The summed E-state index contributed by atoms with van der Waals surface area (Å²) in [5.41, 5.74) is 2.29.